The highest BCUT2D eigenvalue weighted by Crippen LogP contribution is 2.06. The largest absolute Gasteiger partial charge is 0.356 e. The van der Waals surface area contributed by atoms with Crippen molar-refractivity contribution < 1.29 is 9.18 Å². The first-order valence-corrected chi connectivity index (χ1v) is 5.80. The maximum Gasteiger partial charge on any atom is 0.252 e. The standard InChI is InChI=1S/C14H15FN2O/c1-17-9-7-12(10-17)14(18)16-8-6-11-4-2-3-5-13(11)15/h2-5,7,9-10H,6,8H2,1H3,(H,16,18). The van der Waals surface area contributed by atoms with Gasteiger partial charge in [-0.15, -0.1) is 0 Å². The Balaban J connectivity index is 1.86. The maximum absolute atomic E-state index is 13.3. The molecule has 1 aromatic heterocycles. The van der Waals surface area contributed by atoms with Crippen molar-refractivity contribution in [2.75, 3.05) is 6.54 Å². The Kier molecular flexibility index (Phi) is 3.77. The molecule has 1 N–H and O–H groups in total. The molecule has 1 heterocycles. The molecule has 0 aliphatic heterocycles. The number of aryl methyl sites for hydroxylation is 1. The molecule has 0 aliphatic carbocycles. The summed E-state index contributed by atoms with van der Waals surface area (Å²) in [6.07, 6.45) is 4.05. The number of hydrogen-bond donors (Lipinski definition) is 1. The number of carbonyl (C=O) groups excluding carboxylic acids is 1. The highest BCUT2D eigenvalue weighted by atomic mass is 19.1. The van der Waals surface area contributed by atoms with Crippen LogP contribution in [0.2, 0.25) is 0 Å². The van der Waals surface area contributed by atoms with Crippen LogP contribution >= 0.6 is 0 Å². The van der Waals surface area contributed by atoms with Crippen molar-refractivity contribution in [3.05, 3.63) is 59.7 Å². The quantitative estimate of drug-likeness (QED) is 0.881. The van der Waals surface area contributed by atoms with Crippen molar-refractivity contribution in [3.8, 4) is 0 Å². The van der Waals surface area contributed by atoms with Crippen LogP contribution in [-0.2, 0) is 13.5 Å². The molecule has 0 bridgehead atoms. The van der Waals surface area contributed by atoms with E-state index in [1.165, 1.54) is 6.07 Å². The van der Waals surface area contributed by atoms with Crippen molar-refractivity contribution in [1.82, 2.24) is 9.88 Å². The van der Waals surface area contributed by atoms with Gasteiger partial charge in [0.1, 0.15) is 5.82 Å². The number of rotatable bonds is 4. The second-order valence-electron chi connectivity index (χ2n) is 4.16. The third kappa shape index (κ3) is 2.97. The van der Waals surface area contributed by atoms with Gasteiger partial charge in [-0.25, -0.2) is 4.39 Å². The molecule has 1 amide bonds. The number of benzene rings is 1. The summed E-state index contributed by atoms with van der Waals surface area (Å²) in [7, 11) is 1.86. The fourth-order valence-corrected chi connectivity index (χ4v) is 1.75. The van der Waals surface area contributed by atoms with Crippen LogP contribution in [0.5, 0.6) is 0 Å². The highest BCUT2D eigenvalue weighted by Gasteiger charge is 2.06. The number of nitrogens with zero attached hydrogens (tertiary/aromatic N) is 1. The van der Waals surface area contributed by atoms with Crippen molar-refractivity contribution in [3.63, 3.8) is 0 Å². The predicted octanol–water partition coefficient (Wildman–Crippen LogP) is 2.14. The number of carbonyl (C=O) groups is 1. The fraction of sp³-hybridized carbons (Fsp3) is 0.214. The van der Waals surface area contributed by atoms with Gasteiger partial charge in [0, 0.05) is 26.0 Å². The molecule has 0 saturated heterocycles. The van der Waals surface area contributed by atoms with E-state index in [1.807, 2.05) is 17.8 Å². The molecule has 1 aromatic carbocycles. The predicted molar refractivity (Wildman–Crippen MR) is 67.9 cm³/mol. The van der Waals surface area contributed by atoms with Gasteiger partial charge in [0.15, 0.2) is 0 Å². The van der Waals surface area contributed by atoms with E-state index in [0.717, 1.165) is 0 Å². The SMILES string of the molecule is Cn1ccc(C(=O)NCCc2ccccc2F)c1. The van der Waals surface area contributed by atoms with Gasteiger partial charge in [-0.2, -0.15) is 0 Å². The Morgan fingerprint density at radius 1 is 1.33 bits per heavy atom. The van der Waals surface area contributed by atoms with Crippen molar-refractivity contribution in [2.24, 2.45) is 7.05 Å². The van der Waals surface area contributed by atoms with E-state index in [9.17, 15) is 9.18 Å². The number of amides is 1. The van der Waals surface area contributed by atoms with Gasteiger partial charge in [0.2, 0.25) is 0 Å². The molecule has 0 spiro atoms. The van der Waals surface area contributed by atoms with E-state index in [4.69, 9.17) is 0 Å². The summed E-state index contributed by atoms with van der Waals surface area (Å²) in [5.41, 5.74) is 1.23. The molecule has 0 atom stereocenters. The Hall–Kier alpha value is -2.10. The molecule has 0 radical (unpaired) electrons. The zero-order valence-electron chi connectivity index (χ0n) is 10.2. The average molecular weight is 246 g/mol. The van der Waals surface area contributed by atoms with Gasteiger partial charge in [-0.3, -0.25) is 4.79 Å². The van der Waals surface area contributed by atoms with Crippen LogP contribution in [0, 0.1) is 5.82 Å². The first kappa shape index (κ1) is 12.4. The van der Waals surface area contributed by atoms with Crippen LogP contribution in [0.25, 0.3) is 0 Å². The second-order valence-corrected chi connectivity index (χ2v) is 4.16. The summed E-state index contributed by atoms with van der Waals surface area (Å²) in [5, 5.41) is 2.77. The smallest absolute Gasteiger partial charge is 0.252 e. The molecule has 2 rings (SSSR count). The minimum absolute atomic E-state index is 0.132. The lowest BCUT2D eigenvalue weighted by atomic mass is 10.1. The van der Waals surface area contributed by atoms with Gasteiger partial charge >= 0.3 is 0 Å². The second kappa shape index (κ2) is 5.49. The zero-order valence-corrected chi connectivity index (χ0v) is 10.2. The third-order valence-corrected chi connectivity index (χ3v) is 2.73. The summed E-state index contributed by atoms with van der Waals surface area (Å²) in [5.74, 6) is -0.363. The lowest BCUT2D eigenvalue weighted by Crippen LogP contribution is -2.25. The van der Waals surface area contributed by atoms with Crippen LogP contribution in [0.15, 0.2) is 42.7 Å². The summed E-state index contributed by atoms with van der Waals surface area (Å²) < 4.78 is 15.1. The molecule has 0 fully saturated rings. The molecule has 2 aromatic rings. The molecule has 3 nitrogen and oxygen atoms in total. The van der Waals surface area contributed by atoms with E-state index in [-0.39, 0.29) is 11.7 Å². The van der Waals surface area contributed by atoms with Crippen LogP contribution < -0.4 is 5.32 Å². The van der Waals surface area contributed by atoms with Crippen LogP contribution in [0.1, 0.15) is 15.9 Å². The summed E-state index contributed by atoms with van der Waals surface area (Å²) in [4.78, 5) is 11.7. The van der Waals surface area contributed by atoms with Crippen LogP contribution in [-0.4, -0.2) is 17.0 Å². The van der Waals surface area contributed by atoms with Gasteiger partial charge < -0.3 is 9.88 Å². The topological polar surface area (TPSA) is 34.0 Å². The van der Waals surface area contributed by atoms with E-state index in [2.05, 4.69) is 5.32 Å². The molecule has 94 valence electrons. The molecular formula is C14H15FN2O. The van der Waals surface area contributed by atoms with E-state index >= 15 is 0 Å². The minimum atomic E-state index is -0.230. The van der Waals surface area contributed by atoms with Crippen molar-refractivity contribution >= 4 is 5.91 Å². The van der Waals surface area contributed by atoms with Crippen LogP contribution in [0.4, 0.5) is 4.39 Å². The molecular weight excluding hydrogens is 231 g/mol. The molecule has 0 unspecified atom stereocenters. The van der Waals surface area contributed by atoms with E-state index in [0.29, 0.717) is 24.1 Å². The number of hydrogen-bond acceptors (Lipinski definition) is 1. The van der Waals surface area contributed by atoms with Gasteiger partial charge in [0.05, 0.1) is 5.56 Å². The average Bonchev–Trinajstić information content (AvgIpc) is 2.78. The van der Waals surface area contributed by atoms with Gasteiger partial charge in [0.25, 0.3) is 5.91 Å². The van der Waals surface area contributed by atoms with Crippen molar-refractivity contribution in [1.29, 1.82) is 0 Å². The maximum atomic E-state index is 13.3. The first-order valence-electron chi connectivity index (χ1n) is 5.80. The highest BCUT2D eigenvalue weighted by molar-refractivity contribution is 5.93. The molecule has 0 saturated carbocycles. The Morgan fingerprint density at radius 2 is 2.11 bits per heavy atom. The third-order valence-electron chi connectivity index (χ3n) is 2.73. The summed E-state index contributed by atoms with van der Waals surface area (Å²) in [6.45, 7) is 0.425. The van der Waals surface area contributed by atoms with E-state index in [1.54, 1.807) is 30.5 Å². The summed E-state index contributed by atoms with van der Waals surface area (Å²) >= 11 is 0. The lowest BCUT2D eigenvalue weighted by molar-refractivity contribution is 0.0954. The lowest BCUT2D eigenvalue weighted by Gasteiger charge is -2.05. The molecule has 4 heteroatoms. The Bertz CT molecular complexity index is 548. The Labute approximate surface area is 105 Å². The number of aromatic nitrogens is 1. The van der Waals surface area contributed by atoms with E-state index < -0.39 is 0 Å². The molecule has 18 heavy (non-hydrogen) atoms. The minimum Gasteiger partial charge on any atom is -0.356 e. The van der Waals surface area contributed by atoms with Crippen LogP contribution in [0.3, 0.4) is 0 Å². The first-order chi connectivity index (χ1) is 8.66. The van der Waals surface area contributed by atoms with Gasteiger partial charge in [-0.05, 0) is 24.1 Å². The number of nitrogens with one attached hydrogen (secondary N) is 1. The monoisotopic (exact) mass is 246 g/mol. The summed E-state index contributed by atoms with van der Waals surface area (Å²) in [6, 6.07) is 8.34. The van der Waals surface area contributed by atoms with Gasteiger partial charge in [-0.1, -0.05) is 18.2 Å². The Morgan fingerprint density at radius 3 is 2.78 bits per heavy atom. The van der Waals surface area contributed by atoms with Crippen molar-refractivity contribution in [2.45, 2.75) is 6.42 Å². The normalized spacial score (nSPS) is 10.3. The zero-order chi connectivity index (χ0) is 13.0. The number of halogens is 1. The fourth-order valence-electron chi connectivity index (χ4n) is 1.75. The molecule has 0 aliphatic rings.